The van der Waals surface area contributed by atoms with Crippen LogP contribution in [0.2, 0.25) is 0 Å². The summed E-state index contributed by atoms with van der Waals surface area (Å²) in [5.74, 6) is 1.26. The minimum atomic E-state index is -0.578. The maximum absolute atomic E-state index is 9.98. The molecule has 2 N–H and O–H groups in total. The molecule has 0 saturated carbocycles. The number of nitrogens with zero attached hydrogens (tertiary/aromatic N) is 3. The zero-order valence-electron chi connectivity index (χ0n) is 15.1. The van der Waals surface area contributed by atoms with E-state index in [1.54, 1.807) is 0 Å². The van der Waals surface area contributed by atoms with Crippen molar-refractivity contribution >= 4 is 5.96 Å². The summed E-state index contributed by atoms with van der Waals surface area (Å²) in [5.41, 5.74) is 1.21. The average Bonchev–Trinajstić information content (AvgIpc) is 2.88. The lowest BCUT2D eigenvalue weighted by molar-refractivity contribution is 0.0300. The number of nitrogens with one attached hydrogen (secondary N) is 1. The molecule has 0 saturated heterocycles. The molecule has 6 nitrogen and oxygen atoms in total. The van der Waals surface area contributed by atoms with Gasteiger partial charge < -0.3 is 24.6 Å². The van der Waals surface area contributed by atoms with E-state index in [9.17, 15) is 5.11 Å². The summed E-state index contributed by atoms with van der Waals surface area (Å²) in [4.78, 5) is 6.57. The topological polar surface area (TPSA) is 62.0 Å². The van der Waals surface area contributed by atoms with Gasteiger partial charge in [-0.05, 0) is 25.0 Å². The van der Waals surface area contributed by atoms with Crippen molar-refractivity contribution in [1.29, 1.82) is 0 Å². The minimum absolute atomic E-state index is 0.322. The molecule has 1 aromatic heterocycles. The standard InChI is InChI=1S/C17H32N4O2/c1-6-18-17(19-10-16(22)13-23-12-14(2)3)21(5)11-15-8-7-9-20(15)4/h7-9,14,16,22H,6,10-13H2,1-5H3,(H,18,19). The van der Waals surface area contributed by atoms with Crippen molar-refractivity contribution in [3.63, 3.8) is 0 Å². The molecule has 0 aliphatic carbocycles. The second-order valence-corrected chi connectivity index (χ2v) is 6.25. The molecule has 1 aromatic rings. The third-order valence-electron chi connectivity index (χ3n) is 3.36. The molecule has 1 atom stereocenters. The number of aliphatic hydroxyl groups excluding tert-OH is 1. The predicted molar refractivity (Wildman–Crippen MR) is 94.5 cm³/mol. The molecule has 1 heterocycles. The number of aliphatic imine (C=N–C) groups is 1. The first kappa shape index (κ1) is 19.5. The van der Waals surface area contributed by atoms with E-state index >= 15 is 0 Å². The normalized spacial score (nSPS) is 13.4. The maximum Gasteiger partial charge on any atom is 0.194 e. The van der Waals surface area contributed by atoms with Crippen LogP contribution in [0.1, 0.15) is 26.5 Å². The summed E-state index contributed by atoms with van der Waals surface area (Å²) in [6.45, 7) is 9.08. The highest BCUT2D eigenvalue weighted by molar-refractivity contribution is 5.79. The van der Waals surface area contributed by atoms with E-state index in [0.29, 0.717) is 25.7 Å². The highest BCUT2D eigenvalue weighted by Crippen LogP contribution is 2.04. The number of aryl methyl sites for hydroxylation is 1. The fraction of sp³-hybridized carbons (Fsp3) is 0.706. The Morgan fingerprint density at radius 3 is 2.74 bits per heavy atom. The molecule has 1 rings (SSSR count). The van der Waals surface area contributed by atoms with Crippen molar-refractivity contribution in [1.82, 2.24) is 14.8 Å². The van der Waals surface area contributed by atoms with Gasteiger partial charge in [0.2, 0.25) is 0 Å². The molecule has 132 valence electrons. The van der Waals surface area contributed by atoms with Gasteiger partial charge in [-0.2, -0.15) is 0 Å². The van der Waals surface area contributed by atoms with Gasteiger partial charge in [0.15, 0.2) is 5.96 Å². The highest BCUT2D eigenvalue weighted by Gasteiger charge is 2.10. The average molecular weight is 324 g/mol. The van der Waals surface area contributed by atoms with Gasteiger partial charge in [0, 0.05) is 39.1 Å². The molecule has 0 amide bonds. The molecular formula is C17H32N4O2. The first-order chi connectivity index (χ1) is 10.9. The fourth-order valence-electron chi connectivity index (χ4n) is 2.13. The molecule has 6 heteroatoms. The zero-order chi connectivity index (χ0) is 17.2. The maximum atomic E-state index is 9.98. The Balaban J connectivity index is 2.53. The van der Waals surface area contributed by atoms with E-state index in [1.807, 2.05) is 33.3 Å². The van der Waals surface area contributed by atoms with Gasteiger partial charge in [-0.25, -0.2) is 0 Å². The Kier molecular flexibility index (Phi) is 8.73. The Morgan fingerprint density at radius 1 is 1.43 bits per heavy atom. The number of hydrogen-bond acceptors (Lipinski definition) is 3. The van der Waals surface area contributed by atoms with Crippen LogP contribution in [0.3, 0.4) is 0 Å². The van der Waals surface area contributed by atoms with Crippen molar-refractivity contribution in [2.75, 3.05) is 33.4 Å². The Hall–Kier alpha value is -1.53. The van der Waals surface area contributed by atoms with Crippen LogP contribution in [0.25, 0.3) is 0 Å². The summed E-state index contributed by atoms with van der Waals surface area (Å²) in [5, 5.41) is 13.2. The van der Waals surface area contributed by atoms with Crippen LogP contribution < -0.4 is 5.32 Å². The monoisotopic (exact) mass is 324 g/mol. The van der Waals surface area contributed by atoms with Crippen LogP contribution >= 0.6 is 0 Å². The van der Waals surface area contributed by atoms with Crippen molar-refractivity contribution in [3.8, 4) is 0 Å². The number of rotatable bonds is 9. The van der Waals surface area contributed by atoms with E-state index in [2.05, 4.69) is 39.7 Å². The summed E-state index contributed by atoms with van der Waals surface area (Å²) in [6, 6.07) is 4.12. The van der Waals surface area contributed by atoms with Crippen molar-refractivity contribution in [3.05, 3.63) is 24.0 Å². The van der Waals surface area contributed by atoms with E-state index in [0.717, 1.165) is 19.0 Å². The Labute approximate surface area is 140 Å². The minimum Gasteiger partial charge on any atom is -0.389 e. The summed E-state index contributed by atoms with van der Waals surface area (Å²) >= 11 is 0. The first-order valence-corrected chi connectivity index (χ1v) is 8.29. The largest absolute Gasteiger partial charge is 0.389 e. The van der Waals surface area contributed by atoms with E-state index in [-0.39, 0.29) is 0 Å². The molecule has 0 bridgehead atoms. The van der Waals surface area contributed by atoms with Crippen molar-refractivity contribution in [2.24, 2.45) is 18.0 Å². The third kappa shape index (κ3) is 7.52. The number of aromatic nitrogens is 1. The molecule has 0 fully saturated rings. The summed E-state index contributed by atoms with van der Waals surface area (Å²) in [7, 11) is 4.03. The molecule has 0 spiro atoms. The number of ether oxygens (including phenoxy) is 1. The quantitative estimate of drug-likeness (QED) is 0.533. The lowest BCUT2D eigenvalue weighted by atomic mass is 10.2. The zero-order valence-corrected chi connectivity index (χ0v) is 15.1. The van der Waals surface area contributed by atoms with Gasteiger partial charge in [-0.1, -0.05) is 13.8 Å². The van der Waals surface area contributed by atoms with Crippen LogP contribution in [0.5, 0.6) is 0 Å². The number of guanidine groups is 1. The smallest absolute Gasteiger partial charge is 0.194 e. The van der Waals surface area contributed by atoms with Crippen LogP contribution in [-0.4, -0.2) is 60.0 Å². The van der Waals surface area contributed by atoms with E-state index in [4.69, 9.17) is 4.74 Å². The van der Waals surface area contributed by atoms with E-state index < -0.39 is 6.10 Å². The molecule has 0 aliphatic heterocycles. The van der Waals surface area contributed by atoms with Gasteiger partial charge in [0.1, 0.15) is 0 Å². The molecule has 23 heavy (non-hydrogen) atoms. The van der Waals surface area contributed by atoms with Crippen molar-refractivity contribution in [2.45, 2.75) is 33.4 Å². The molecular weight excluding hydrogens is 292 g/mol. The van der Waals surface area contributed by atoms with Gasteiger partial charge in [0.05, 0.1) is 25.8 Å². The number of hydrogen-bond donors (Lipinski definition) is 2. The van der Waals surface area contributed by atoms with Gasteiger partial charge in [-0.3, -0.25) is 4.99 Å². The van der Waals surface area contributed by atoms with Crippen LogP contribution in [0, 0.1) is 5.92 Å². The lowest BCUT2D eigenvalue weighted by Gasteiger charge is -2.23. The van der Waals surface area contributed by atoms with Crippen LogP contribution in [-0.2, 0) is 18.3 Å². The van der Waals surface area contributed by atoms with E-state index in [1.165, 1.54) is 5.69 Å². The second-order valence-electron chi connectivity index (χ2n) is 6.25. The lowest BCUT2D eigenvalue weighted by Crippen LogP contribution is -2.39. The SMILES string of the molecule is CCNC(=NCC(O)COCC(C)C)N(C)Cc1cccn1C. The molecule has 0 aromatic carbocycles. The van der Waals surface area contributed by atoms with Crippen LogP contribution in [0.4, 0.5) is 0 Å². The summed E-state index contributed by atoms with van der Waals surface area (Å²) in [6.07, 6.45) is 1.45. The Bertz CT molecular complexity index is 471. The highest BCUT2D eigenvalue weighted by atomic mass is 16.5. The van der Waals surface area contributed by atoms with Gasteiger partial charge in [0.25, 0.3) is 0 Å². The van der Waals surface area contributed by atoms with Gasteiger partial charge >= 0.3 is 0 Å². The first-order valence-electron chi connectivity index (χ1n) is 8.29. The fourth-order valence-corrected chi connectivity index (χ4v) is 2.13. The Morgan fingerprint density at radius 2 is 2.17 bits per heavy atom. The van der Waals surface area contributed by atoms with Gasteiger partial charge in [-0.15, -0.1) is 0 Å². The molecule has 0 radical (unpaired) electrons. The van der Waals surface area contributed by atoms with Crippen LogP contribution in [0.15, 0.2) is 23.3 Å². The summed E-state index contributed by atoms with van der Waals surface area (Å²) < 4.78 is 7.55. The second kappa shape index (κ2) is 10.3. The third-order valence-corrected chi connectivity index (χ3v) is 3.36. The molecule has 0 aliphatic rings. The van der Waals surface area contributed by atoms with Crippen molar-refractivity contribution < 1.29 is 9.84 Å². The predicted octanol–water partition coefficient (Wildman–Crippen LogP) is 1.46. The molecule has 1 unspecified atom stereocenters. The number of aliphatic hydroxyl groups is 1.